The molecular formula is C11H14N2O3S. The highest BCUT2D eigenvalue weighted by molar-refractivity contribution is 7.99. The lowest BCUT2D eigenvalue weighted by molar-refractivity contribution is -0.145. The van der Waals surface area contributed by atoms with Gasteiger partial charge in [0.05, 0.1) is 12.4 Å². The van der Waals surface area contributed by atoms with E-state index in [2.05, 4.69) is 14.7 Å². The fourth-order valence-corrected chi connectivity index (χ4v) is 1.67. The summed E-state index contributed by atoms with van der Waals surface area (Å²) < 4.78 is 4.68. The highest BCUT2D eigenvalue weighted by Crippen LogP contribution is 2.12. The van der Waals surface area contributed by atoms with Crippen LogP contribution in [0.4, 0.5) is 0 Å². The summed E-state index contributed by atoms with van der Waals surface area (Å²) >= 11 is 1.22. The molecule has 0 aliphatic carbocycles. The van der Waals surface area contributed by atoms with E-state index in [1.165, 1.54) is 11.8 Å². The van der Waals surface area contributed by atoms with E-state index < -0.39 is 5.97 Å². The molecule has 0 N–H and O–H groups in total. The molecule has 6 heteroatoms. The molecule has 92 valence electrons. The molecule has 1 heterocycles. The first-order valence-electron chi connectivity index (χ1n) is 5.20. The van der Waals surface area contributed by atoms with Crippen molar-refractivity contribution in [1.29, 1.82) is 0 Å². The van der Waals surface area contributed by atoms with E-state index in [0.717, 1.165) is 5.56 Å². The molecule has 0 aromatic carbocycles. The summed E-state index contributed by atoms with van der Waals surface area (Å²) in [6.07, 6.45) is 3.18. The Kier molecular flexibility index (Phi) is 5.62. The molecule has 0 unspecified atom stereocenters. The van der Waals surface area contributed by atoms with Gasteiger partial charge in [-0.15, -0.1) is 0 Å². The van der Waals surface area contributed by atoms with Crippen LogP contribution in [0.25, 0.3) is 0 Å². The predicted octanol–water partition coefficient (Wildman–Crippen LogP) is 1.40. The van der Waals surface area contributed by atoms with Crippen molar-refractivity contribution >= 4 is 23.5 Å². The second-order valence-electron chi connectivity index (χ2n) is 3.35. The number of hydrogen-bond acceptors (Lipinski definition) is 6. The zero-order valence-corrected chi connectivity index (χ0v) is 10.6. The third-order valence-electron chi connectivity index (χ3n) is 1.77. The lowest BCUT2D eigenvalue weighted by atomic mass is 10.3. The smallest absolute Gasteiger partial charge is 0.313 e. The van der Waals surface area contributed by atoms with Crippen LogP contribution in [0.1, 0.15) is 18.9 Å². The number of aromatic nitrogens is 2. The molecule has 1 rings (SSSR count). The van der Waals surface area contributed by atoms with Crippen LogP contribution in [0.3, 0.4) is 0 Å². The maximum Gasteiger partial charge on any atom is 0.313 e. The van der Waals surface area contributed by atoms with Gasteiger partial charge in [-0.2, -0.15) is 0 Å². The average molecular weight is 254 g/mol. The molecule has 0 bridgehead atoms. The van der Waals surface area contributed by atoms with Crippen LogP contribution in [-0.4, -0.2) is 34.1 Å². The Balaban J connectivity index is 2.33. The van der Waals surface area contributed by atoms with Gasteiger partial charge in [0.15, 0.2) is 10.9 Å². The summed E-state index contributed by atoms with van der Waals surface area (Å²) in [5.41, 5.74) is 0.965. The maximum absolute atomic E-state index is 11.4. The molecule has 1 aromatic heterocycles. The first-order valence-corrected chi connectivity index (χ1v) is 6.19. The Morgan fingerprint density at radius 1 is 1.35 bits per heavy atom. The quantitative estimate of drug-likeness (QED) is 0.331. The molecule has 0 aliphatic rings. The Morgan fingerprint density at radius 2 is 2.00 bits per heavy atom. The number of carbonyl (C=O) groups excluding carboxylic acids is 2. The van der Waals surface area contributed by atoms with Gasteiger partial charge in [-0.3, -0.25) is 9.59 Å². The van der Waals surface area contributed by atoms with E-state index >= 15 is 0 Å². The van der Waals surface area contributed by atoms with E-state index in [4.69, 9.17) is 0 Å². The predicted molar refractivity (Wildman–Crippen MR) is 63.8 cm³/mol. The first kappa shape index (κ1) is 13.6. The van der Waals surface area contributed by atoms with Crippen LogP contribution in [0.15, 0.2) is 17.6 Å². The molecule has 17 heavy (non-hydrogen) atoms. The minimum atomic E-state index is -0.483. The van der Waals surface area contributed by atoms with Crippen LogP contribution in [0.5, 0.6) is 0 Å². The number of thioether (sulfide) groups is 1. The number of rotatable bonds is 6. The molecule has 0 saturated heterocycles. The molecule has 0 aliphatic heterocycles. The normalized spacial score (nSPS) is 10.0. The van der Waals surface area contributed by atoms with Crippen molar-refractivity contribution in [2.45, 2.75) is 25.4 Å². The van der Waals surface area contributed by atoms with Crippen LogP contribution in [-0.2, 0) is 14.3 Å². The van der Waals surface area contributed by atoms with E-state index in [-0.39, 0.29) is 18.0 Å². The van der Waals surface area contributed by atoms with Gasteiger partial charge in [0.1, 0.15) is 6.42 Å². The monoisotopic (exact) mass is 254 g/mol. The lowest BCUT2D eigenvalue weighted by Crippen LogP contribution is -2.12. The molecule has 0 saturated carbocycles. The van der Waals surface area contributed by atoms with Gasteiger partial charge >= 0.3 is 5.97 Å². The van der Waals surface area contributed by atoms with E-state index in [1.807, 2.05) is 6.92 Å². The van der Waals surface area contributed by atoms with Gasteiger partial charge < -0.3 is 4.74 Å². The fourth-order valence-electron chi connectivity index (χ4n) is 1.02. The van der Waals surface area contributed by atoms with Crippen molar-refractivity contribution in [2.75, 3.05) is 12.4 Å². The maximum atomic E-state index is 11.4. The minimum Gasteiger partial charge on any atom is -0.466 e. The molecule has 0 radical (unpaired) electrons. The third-order valence-corrected chi connectivity index (χ3v) is 2.70. The largest absolute Gasteiger partial charge is 0.466 e. The summed E-state index contributed by atoms with van der Waals surface area (Å²) in [6, 6.07) is 0. The third kappa shape index (κ3) is 5.44. The number of esters is 1. The van der Waals surface area contributed by atoms with Gasteiger partial charge in [0.2, 0.25) is 0 Å². The zero-order valence-electron chi connectivity index (χ0n) is 9.80. The summed E-state index contributed by atoms with van der Waals surface area (Å²) in [4.78, 5) is 30.5. The van der Waals surface area contributed by atoms with Crippen LogP contribution < -0.4 is 0 Å². The number of aryl methyl sites for hydroxylation is 1. The number of ether oxygens (including phenoxy) is 1. The minimum absolute atomic E-state index is 0.182. The molecule has 0 atom stereocenters. The first-order chi connectivity index (χ1) is 8.11. The molecular weight excluding hydrogens is 240 g/mol. The summed E-state index contributed by atoms with van der Waals surface area (Å²) in [6.45, 7) is 3.89. The van der Waals surface area contributed by atoms with Crippen molar-refractivity contribution < 1.29 is 14.3 Å². The van der Waals surface area contributed by atoms with Crippen LogP contribution >= 0.6 is 11.8 Å². The Morgan fingerprint density at radius 3 is 2.59 bits per heavy atom. The average Bonchev–Trinajstić information content (AvgIpc) is 2.28. The fraction of sp³-hybridized carbons (Fsp3) is 0.455. The lowest BCUT2D eigenvalue weighted by Gasteiger charge is -2.01. The van der Waals surface area contributed by atoms with Gasteiger partial charge in [-0.1, -0.05) is 11.8 Å². The highest BCUT2D eigenvalue weighted by Gasteiger charge is 2.11. The molecule has 5 nitrogen and oxygen atoms in total. The SMILES string of the molecule is CCOC(=O)CC(=O)CSc1ncc(C)cn1. The van der Waals surface area contributed by atoms with E-state index in [9.17, 15) is 9.59 Å². The second-order valence-corrected chi connectivity index (χ2v) is 4.29. The number of carbonyl (C=O) groups is 2. The number of hydrogen-bond donors (Lipinski definition) is 0. The summed E-state index contributed by atoms with van der Waals surface area (Å²) in [5, 5.41) is 0.535. The van der Waals surface area contributed by atoms with Crippen molar-refractivity contribution in [3.05, 3.63) is 18.0 Å². The second kappa shape index (κ2) is 7.01. The Bertz CT molecular complexity index is 392. The molecule has 0 spiro atoms. The number of ketones is 1. The van der Waals surface area contributed by atoms with Gasteiger partial charge in [-0.25, -0.2) is 9.97 Å². The van der Waals surface area contributed by atoms with E-state index in [1.54, 1.807) is 19.3 Å². The summed E-state index contributed by atoms with van der Waals surface area (Å²) in [7, 11) is 0. The van der Waals surface area contributed by atoms with Crippen LogP contribution in [0, 0.1) is 6.92 Å². The molecule has 0 fully saturated rings. The zero-order chi connectivity index (χ0) is 12.7. The number of nitrogens with zero attached hydrogens (tertiary/aromatic N) is 2. The van der Waals surface area contributed by atoms with Crippen molar-refractivity contribution in [3.63, 3.8) is 0 Å². The highest BCUT2D eigenvalue weighted by atomic mass is 32.2. The molecule has 0 amide bonds. The van der Waals surface area contributed by atoms with Crippen molar-refractivity contribution in [1.82, 2.24) is 9.97 Å². The summed E-state index contributed by atoms with van der Waals surface area (Å²) in [5.74, 6) is -0.484. The van der Waals surface area contributed by atoms with Gasteiger partial charge in [-0.05, 0) is 19.4 Å². The Hall–Kier alpha value is -1.43. The van der Waals surface area contributed by atoms with Gasteiger partial charge in [0, 0.05) is 12.4 Å². The van der Waals surface area contributed by atoms with E-state index in [0.29, 0.717) is 11.8 Å². The Labute approximate surface area is 104 Å². The topological polar surface area (TPSA) is 69.2 Å². The number of Topliss-reactive ketones (excluding diaryl/α,β-unsaturated/α-hetero) is 1. The van der Waals surface area contributed by atoms with Crippen LogP contribution in [0.2, 0.25) is 0 Å². The standard InChI is InChI=1S/C11H14N2O3S/c1-3-16-10(15)4-9(14)7-17-11-12-5-8(2)6-13-11/h5-6H,3-4,7H2,1-2H3. The van der Waals surface area contributed by atoms with Gasteiger partial charge in [0.25, 0.3) is 0 Å². The van der Waals surface area contributed by atoms with Crippen molar-refractivity contribution in [3.8, 4) is 0 Å². The molecule has 1 aromatic rings. The van der Waals surface area contributed by atoms with Crippen molar-refractivity contribution in [2.24, 2.45) is 0 Å².